The fraction of sp³-hybridized carbons (Fsp3) is 0.333. The molecule has 2 N–H and O–H groups in total. The van der Waals surface area contributed by atoms with Crippen LogP contribution in [-0.2, 0) is 4.74 Å². The van der Waals surface area contributed by atoms with E-state index in [2.05, 4.69) is 15.8 Å². The number of rotatable bonds is 6. The third-order valence-electron chi connectivity index (χ3n) is 2.34. The van der Waals surface area contributed by atoms with Crippen molar-refractivity contribution < 1.29 is 9.66 Å². The van der Waals surface area contributed by atoms with Gasteiger partial charge in [0.15, 0.2) is 5.11 Å². The lowest BCUT2D eigenvalue weighted by molar-refractivity contribution is -0.384. The third kappa shape index (κ3) is 6.03. The molecule has 7 nitrogen and oxygen atoms in total. The zero-order valence-corrected chi connectivity index (χ0v) is 13.1. The Kier molecular flexibility index (Phi) is 7.00. The molecule has 0 amide bonds. The van der Waals surface area contributed by atoms with Crippen molar-refractivity contribution in [3.63, 3.8) is 0 Å². The summed E-state index contributed by atoms with van der Waals surface area (Å²) >= 11 is 10.7. The molecule has 0 heterocycles. The van der Waals surface area contributed by atoms with Gasteiger partial charge in [0.25, 0.3) is 5.69 Å². The van der Waals surface area contributed by atoms with Gasteiger partial charge in [0.05, 0.1) is 17.7 Å². The number of halogens is 1. The average Bonchev–Trinajstić information content (AvgIpc) is 2.40. The summed E-state index contributed by atoms with van der Waals surface area (Å²) in [7, 11) is 1.60. The quantitative estimate of drug-likeness (QED) is 0.359. The molecule has 1 aromatic carbocycles. The van der Waals surface area contributed by atoms with E-state index in [0.717, 1.165) is 0 Å². The van der Waals surface area contributed by atoms with Crippen molar-refractivity contribution in [2.45, 2.75) is 13.0 Å². The zero-order valence-electron chi connectivity index (χ0n) is 11.5. The SMILES string of the molecule is COC[C@@H](C)NC(=S)N/N=C\c1ccc(Cl)c([N+](=O)[O-])c1. The molecule has 21 heavy (non-hydrogen) atoms. The molecule has 9 heteroatoms. The van der Waals surface area contributed by atoms with Crippen LogP contribution in [-0.4, -0.2) is 36.0 Å². The lowest BCUT2D eigenvalue weighted by Gasteiger charge is -2.13. The Labute approximate surface area is 132 Å². The predicted octanol–water partition coefficient (Wildman–Crippen LogP) is 2.08. The van der Waals surface area contributed by atoms with Gasteiger partial charge in [-0.3, -0.25) is 15.5 Å². The first-order valence-corrected chi connectivity index (χ1v) is 6.75. The smallest absolute Gasteiger partial charge is 0.288 e. The molecule has 0 spiro atoms. The van der Waals surface area contributed by atoms with Crippen LogP contribution in [0.3, 0.4) is 0 Å². The highest BCUT2D eigenvalue weighted by Gasteiger charge is 2.11. The Morgan fingerprint density at radius 3 is 3.00 bits per heavy atom. The Morgan fingerprint density at radius 2 is 2.38 bits per heavy atom. The maximum absolute atomic E-state index is 10.8. The summed E-state index contributed by atoms with van der Waals surface area (Å²) in [5.41, 5.74) is 2.98. The molecule has 0 saturated carbocycles. The molecule has 0 aliphatic carbocycles. The molecular weight excluding hydrogens is 316 g/mol. The van der Waals surface area contributed by atoms with Crippen molar-refractivity contribution in [3.8, 4) is 0 Å². The summed E-state index contributed by atoms with van der Waals surface area (Å²) in [5.74, 6) is 0. The minimum Gasteiger partial charge on any atom is -0.383 e. The van der Waals surface area contributed by atoms with Crippen molar-refractivity contribution in [2.75, 3.05) is 13.7 Å². The monoisotopic (exact) mass is 330 g/mol. The van der Waals surface area contributed by atoms with Crippen molar-refractivity contribution >= 4 is 40.8 Å². The third-order valence-corrected chi connectivity index (χ3v) is 2.87. The standard InChI is InChI=1S/C12H15ClN4O3S/c1-8(7-20-2)15-12(21)16-14-6-9-3-4-10(13)11(5-9)17(18)19/h3-6,8H,7H2,1-2H3,(H2,15,16,21)/b14-6-/t8-/m1/s1. The van der Waals surface area contributed by atoms with Gasteiger partial charge in [-0.15, -0.1) is 0 Å². The molecule has 0 saturated heterocycles. The highest BCUT2D eigenvalue weighted by atomic mass is 35.5. The molecule has 1 rings (SSSR count). The van der Waals surface area contributed by atoms with Crippen LogP contribution in [0.1, 0.15) is 12.5 Å². The Balaban J connectivity index is 2.59. The van der Waals surface area contributed by atoms with E-state index in [-0.39, 0.29) is 16.8 Å². The number of hydrogen-bond donors (Lipinski definition) is 2. The number of nitrogens with zero attached hydrogens (tertiary/aromatic N) is 2. The van der Waals surface area contributed by atoms with E-state index in [1.54, 1.807) is 13.2 Å². The molecule has 0 bridgehead atoms. The Morgan fingerprint density at radius 1 is 1.67 bits per heavy atom. The van der Waals surface area contributed by atoms with Gasteiger partial charge in [-0.1, -0.05) is 17.7 Å². The number of ether oxygens (including phenoxy) is 1. The van der Waals surface area contributed by atoms with Crippen LogP contribution in [0, 0.1) is 10.1 Å². The number of nitro benzene ring substituents is 1. The Bertz CT molecular complexity index is 553. The van der Waals surface area contributed by atoms with E-state index < -0.39 is 4.92 Å². The van der Waals surface area contributed by atoms with Gasteiger partial charge < -0.3 is 10.1 Å². The summed E-state index contributed by atoms with van der Waals surface area (Å²) in [6, 6.07) is 4.43. The number of nitro groups is 1. The van der Waals surface area contributed by atoms with Crippen molar-refractivity contribution in [1.82, 2.24) is 10.7 Å². The molecule has 1 aromatic rings. The van der Waals surface area contributed by atoms with Gasteiger partial charge in [0.2, 0.25) is 0 Å². The van der Waals surface area contributed by atoms with Gasteiger partial charge in [-0.05, 0) is 25.2 Å². The molecule has 0 unspecified atom stereocenters. The number of hydrogen-bond acceptors (Lipinski definition) is 5. The van der Waals surface area contributed by atoms with E-state index in [1.807, 2.05) is 6.92 Å². The van der Waals surface area contributed by atoms with E-state index in [1.165, 1.54) is 18.3 Å². The first-order valence-electron chi connectivity index (χ1n) is 5.96. The van der Waals surface area contributed by atoms with Crippen LogP contribution in [0.2, 0.25) is 5.02 Å². The first-order chi connectivity index (χ1) is 9.93. The topological polar surface area (TPSA) is 88.8 Å². The van der Waals surface area contributed by atoms with Crippen LogP contribution >= 0.6 is 23.8 Å². The maximum Gasteiger partial charge on any atom is 0.288 e. The van der Waals surface area contributed by atoms with Crippen LogP contribution < -0.4 is 10.7 Å². The number of benzene rings is 1. The largest absolute Gasteiger partial charge is 0.383 e. The molecular formula is C12H15ClN4O3S. The van der Waals surface area contributed by atoms with Crippen molar-refractivity contribution in [3.05, 3.63) is 38.9 Å². The second kappa shape index (κ2) is 8.50. The zero-order chi connectivity index (χ0) is 15.8. The summed E-state index contributed by atoms with van der Waals surface area (Å²) in [6.07, 6.45) is 1.41. The average molecular weight is 331 g/mol. The highest BCUT2D eigenvalue weighted by Crippen LogP contribution is 2.24. The van der Waals surface area contributed by atoms with Crippen molar-refractivity contribution in [2.24, 2.45) is 5.10 Å². The molecule has 0 aliphatic rings. The summed E-state index contributed by atoms with van der Waals surface area (Å²) in [4.78, 5) is 10.2. The minimum absolute atomic E-state index is 0.0434. The van der Waals surface area contributed by atoms with Gasteiger partial charge in [0, 0.05) is 24.8 Å². The van der Waals surface area contributed by atoms with Crippen molar-refractivity contribution in [1.29, 1.82) is 0 Å². The lowest BCUT2D eigenvalue weighted by Crippen LogP contribution is -2.40. The minimum atomic E-state index is -0.550. The fourth-order valence-corrected chi connectivity index (χ4v) is 1.90. The maximum atomic E-state index is 10.8. The molecule has 0 fully saturated rings. The van der Waals surface area contributed by atoms with E-state index in [9.17, 15) is 10.1 Å². The normalized spacial score (nSPS) is 12.1. The van der Waals surface area contributed by atoms with Gasteiger partial charge in [0.1, 0.15) is 5.02 Å². The highest BCUT2D eigenvalue weighted by molar-refractivity contribution is 7.80. The van der Waals surface area contributed by atoms with Gasteiger partial charge in [-0.25, -0.2) is 0 Å². The van der Waals surface area contributed by atoms with E-state index in [4.69, 9.17) is 28.6 Å². The van der Waals surface area contributed by atoms with Gasteiger partial charge in [-0.2, -0.15) is 5.10 Å². The number of methoxy groups -OCH3 is 1. The summed E-state index contributed by atoms with van der Waals surface area (Å²) in [5, 5.41) is 18.0. The molecule has 0 radical (unpaired) electrons. The molecule has 0 aliphatic heterocycles. The van der Waals surface area contributed by atoms with E-state index >= 15 is 0 Å². The second-order valence-electron chi connectivity index (χ2n) is 4.17. The van der Waals surface area contributed by atoms with Crippen LogP contribution in [0.25, 0.3) is 0 Å². The number of thiocarbonyl (C=S) groups is 1. The molecule has 1 atom stereocenters. The van der Waals surface area contributed by atoms with Crippen LogP contribution in [0.5, 0.6) is 0 Å². The number of hydrazone groups is 1. The van der Waals surface area contributed by atoms with Crippen LogP contribution in [0.15, 0.2) is 23.3 Å². The lowest BCUT2D eigenvalue weighted by atomic mass is 10.2. The predicted molar refractivity (Wildman–Crippen MR) is 85.9 cm³/mol. The van der Waals surface area contributed by atoms with E-state index in [0.29, 0.717) is 17.3 Å². The Hall–Kier alpha value is -1.77. The summed E-state index contributed by atoms with van der Waals surface area (Å²) in [6.45, 7) is 2.42. The second-order valence-corrected chi connectivity index (χ2v) is 4.98. The van der Waals surface area contributed by atoms with Crippen LogP contribution in [0.4, 0.5) is 5.69 Å². The summed E-state index contributed by atoms with van der Waals surface area (Å²) < 4.78 is 4.96. The van der Waals surface area contributed by atoms with Gasteiger partial charge >= 0.3 is 0 Å². The molecule has 0 aromatic heterocycles. The fourth-order valence-electron chi connectivity index (χ4n) is 1.46. The first kappa shape index (κ1) is 17.3. The molecule has 114 valence electrons. The number of nitrogens with one attached hydrogen (secondary N) is 2.